The molecule has 2 heterocycles. The Labute approximate surface area is 194 Å². The topological polar surface area (TPSA) is 28.5 Å². The first-order chi connectivity index (χ1) is 16.0. The van der Waals surface area contributed by atoms with Crippen molar-refractivity contribution in [2.24, 2.45) is 5.10 Å². The van der Waals surface area contributed by atoms with Gasteiger partial charge in [-0.25, -0.2) is 13.8 Å². The molecule has 0 bridgehead atoms. The molecule has 3 nitrogen and oxygen atoms in total. The summed E-state index contributed by atoms with van der Waals surface area (Å²) in [6.45, 7) is 0. The molecule has 1 aromatic heterocycles. The van der Waals surface area contributed by atoms with Crippen LogP contribution in [0.2, 0.25) is 0 Å². The molecular formula is C23H16F7N3S. The average molecular weight is 499 g/mol. The van der Waals surface area contributed by atoms with E-state index in [-0.39, 0.29) is 0 Å². The van der Waals surface area contributed by atoms with Crippen LogP contribution in [0.4, 0.5) is 36.4 Å². The Morgan fingerprint density at radius 1 is 0.941 bits per heavy atom. The lowest BCUT2D eigenvalue weighted by Gasteiger charge is -2.25. The van der Waals surface area contributed by atoms with Gasteiger partial charge in [-0.3, -0.25) is 5.01 Å². The molecule has 0 aliphatic carbocycles. The Morgan fingerprint density at radius 2 is 1.71 bits per heavy atom. The molecule has 0 spiro atoms. The van der Waals surface area contributed by atoms with E-state index < -0.39 is 47.6 Å². The Hall–Kier alpha value is -3.08. The summed E-state index contributed by atoms with van der Waals surface area (Å²) in [5.74, 6) is -7.28. The van der Waals surface area contributed by atoms with E-state index >= 15 is 0 Å². The number of hydrazone groups is 1. The summed E-state index contributed by atoms with van der Waals surface area (Å²) in [4.78, 5) is 4.28. The normalized spacial score (nSPS) is 16.6. The number of anilines is 1. The molecule has 1 atom stereocenters. The van der Waals surface area contributed by atoms with Gasteiger partial charge in [-0.2, -0.15) is 27.1 Å². The van der Waals surface area contributed by atoms with E-state index in [1.165, 1.54) is 17.8 Å². The minimum atomic E-state index is -5.87. The van der Waals surface area contributed by atoms with Crippen molar-refractivity contribution in [1.82, 2.24) is 4.98 Å². The van der Waals surface area contributed by atoms with Gasteiger partial charge in [-0.15, -0.1) is 11.8 Å². The van der Waals surface area contributed by atoms with Gasteiger partial charge >= 0.3 is 12.1 Å². The summed E-state index contributed by atoms with van der Waals surface area (Å²) >= 11 is 1.44. The second-order valence-electron chi connectivity index (χ2n) is 7.49. The van der Waals surface area contributed by atoms with Gasteiger partial charge in [0.05, 0.1) is 16.8 Å². The van der Waals surface area contributed by atoms with E-state index in [0.29, 0.717) is 22.8 Å². The van der Waals surface area contributed by atoms with Crippen molar-refractivity contribution in [1.29, 1.82) is 0 Å². The van der Waals surface area contributed by atoms with E-state index in [4.69, 9.17) is 0 Å². The third-order valence-corrected chi connectivity index (χ3v) is 6.00. The van der Waals surface area contributed by atoms with Crippen LogP contribution >= 0.6 is 11.8 Å². The SMILES string of the molecule is CSc1ccc(-c2cccc(C3CC(C(F)(F)C(F)(F)F)=NN3c3ccc(F)cc3F)c2)cn1. The number of halogens is 7. The monoisotopic (exact) mass is 499 g/mol. The van der Waals surface area contributed by atoms with Crippen LogP contribution in [0.3, 0.4) is 0 Å². The third-order valence-electron chi connectivity index (χ3n) is 5.34. The second-order valence-corrected chi connectivity index (χ2v) is 8.32. The van der Waals surface area contributed by atoms with Crippen LogP contribution < -0.4 is 5.01 Å². The van der Waals surface area contributed by atoms with E-state index in [1.807, 2.05) is 6.26 Å². The Kier molecular flexibility index (Phi) is 6.32. The van der Waals surface area contributed by atoms with Crippen molar-refractivity contribution in [2.75, 3.05) is 11.3 Å². The van der Waals surface area contributed by atoms with Crippen molar-refractivity contribution < 1.29 is 30.7 Å². The predicted octanol–water partition coefficient (Wildman–Crippen LogP) is 7.25. The first-order valence-electron chi connectivity index (χ1n) is 9.88. The van der Waals surface area contributed by atoms with Gasteiger partial charge < -0.3 is 0 Å². The highest BCUT2D eigenvalue weighted by Crippen LogP contribution is 2.45. The fraction of sp³-hybridized carbons (Fsp3) is 0.217. The molecule has 0 N–H and O–H groups in total. The molecule has 2 aromatic carbocycles. The molecule has 34 heavy (non-hydrogen) atoms. The number of hydrogen-bond donors (Lipinski definition) is 0. The summed E-state index contributed by atoms with van der Waals surface area (Å²) in [6.07, 6.45) is -3.21. The number of thioether (sulfide) groups is 1. The third kappa shape index (κ3) is 4.48. The number of nitrogens with zero attached hydrogens (tertiary/aromatic N) is 3. The quantitative estimate of drug-likeness (QED) is 0.273. The molecule has 178 valence electrons. The van der Waals surface area contributed by atoms with Crippen molar-refractivity contribution in [3.8, 4) is 11.1 Å². The molecule has 1 aliphatic heterocycles. The standard InChI is InChI=1S/C23H16F7N3S/c1-34-21-8-5-15(12-31-21)13-3-2-4-14(9-13)19-11-20(22(26,27)23(28,29)30)32-33(19)18-7-6-16(24)10-17(18)25/h2-10,12,19H,11H2,1H3. The highest BCUT2D eigenvalue weighted by atomic mass is 32.2. The van der Waals surface area contributed by atoms with Crippen molar-refractivity contribution in [2.45, 2.75) is 29.6 Å². The molecule has 11 heteroatoms. The van der Waals surface area contributed by atoms with E-state index in [9.17, 15) is 30.7 Å². The number of benzene rings is 2. The van der Waals surface area contributed by atoms with Crippen molar-refractivity contribution in [3.05, 3.63) is 78.0 Å². The van der Waals surface area contributed by atoms with E-state index in [2.05, 4.69) is 10.1 Å². The summed E-state index contributed by atoms with van der Waals surface area (Å²) in [7, 11) is 0. The fourth-order valence-corrected chi connectivity index (χ4v) is 3.97. The lowest BCUT2D eigenvalue weighted by atomic mass is 9.95. The number of pyridine rings is 1. The predicted molar refractivity (Wildman–Crippen MR) is 116 cm³/mol. The van der Waals surface area contributed by atoms with Crippen LogP contribution in [0.1, 0.15) is 18.0 Å². The van der Waals surface area contributed by atoms with Crippen LogP contribution in [-0.4, -0.2) is 29.1 Å². The highest BCUT2D eigenvalue weighted by Gasteiger charge is 2.63. The first-order valence-corrected chi connectivity index (χ1v) is 11.1. The zero-order chi connectivity index (χ0) is 24.7. The van der Waals surface area contributed by atoms with Crippen molar-refractivity contribution >= 4 is 23.2 Å². The van der Waals surface area contributed by atoms with Gasteiger partial charge in [-0.05, 0) is 41.6 Å². The summed E-state index contributed by atoms with van der Waals surface area (Å²) in [5, 5.41) is 5.00. The van der Waals surface area contributed by atoms with E-state index in [1.54, 1.807) is 36.5 Å². The summed E-state index contributed by atoms with van der Waals surface area (Å²) in [5.41, 5.74) is -0.222. The molecular weight excluding hydrogens is 483 g/mol. The molecule has 3 aromatic rings. The maximum atomic E-state index is 14.5. The minimum Gasteiger partial charge on any atom is -0.255 e. The molecule has 0 amide bonds. The van der Waals surface area contributed by atoms with Gasteiger partial charge in [-0.1, -0.05) is 24.3 Å². The van der Waals surface area contributed by atoms with Crippen LogP contribution in [0, 0.1) is 11.6 Å². The lowest BCUT2D eigenvalue weighted by molar-refractivity contribution is -0.249. The summed E-state index contributed by atoms with van der Waals surface area (Å²) in [6, 6.07) is 11.2. The molecule has 1 unspecified atom stereocenters. The number of hydrogen-bond acceptors (Lipinski definition) is 4. The molecule has 0 saturated carbocycles. The van der Waals surface area contributed by atoms with Crippen molar-refractivity contribution in [3.63, 3.8) is 0 Å². The Bertz CT molecular complexity index is 1230. The molecule has 4 rings (SSSR count). The van der Waals surface area contributed by atoms with Gasteiger partial charge in [0, 0.05) is 24.2 Å². The largest absolute Gasteiger partial charge is 0.459 e. The first kappa shape index (κ1) is 24.1. The number of rotatable bonds is 5. The fourth-order valence-electron chi connectivity index (χ4n) is 3.61. The number of alkyl halides is 5. The molecule has 0 fully saturated rings. The van der Waals surface area contributed by atoms with E-state index in [0.717, 1.165) is 22.2 Å². The van der Waals surface area contributed by atoms with Crippen LogP contribution in [0.5, 0.6) is 0 Å². The van der Waals surface area contributed by atoms with Crippen LogP contribution in [0.15, 0.2) is 70.9 Å². The Morgan fingerprint density at radius 3 is 2.32 bits per heavy atom. The maximum Gasteiger partial charge on any atom is 0.459 e. The van der Waals surface area contributed by atoms with Crippen LogP contribution in [-0.2, 0) is 0 Å². The minimum absolute atomic E-state index is 0.326. The van der Waals surface area contributed by atoms with Gasteiger partial charge in [0.2, 0.25) is 0 Å². The van der Waals surface area contributed by atoms with Gasteiger partial charge in [0.15, 0.2) is 5.82 Å². The maximum absolute atomic E-state index is 14.5. The zero-order valence-corrected chi connectivity index (χ0v) is 18.3. The van der Waals surface area contributed by atoms with Crippen LogP contribution in [0.25, 0.3) is 11.1 Å². The highest BCUT2D eigenvalue weighted by molar-refractivity contribution is 7.98. The average Bonchev–Trinajstić information content (AvgIpc) is 3.24. The molecule has 1 aliphatic rings. The Balaban J connectivity index is 1.77. The van der Waals surface area contributed by atoms with Gasteiger partial charge in [0.1, 0.15) is 11.5 Å². The molecule has 0 saturated heterocycles. The lowest BCUT2D eigenvalue weighted by Crippen LogP contribution is -2.43. The summed E-state index contributed by atoms with van der Waals surface area (Å²) < 4.78 is 95.3. The van der Waals surface area contributed by atoms with Gasteiger partial charge in [0.25, 0.3) is 0 Å². The second kappa shape index (κ2) is 8.94. The zero-order valence-electron chi connectivity index (χ0n) is 17.5. The molecule has 0 radical (unpaired) electrons. The smallest absolute Gasteiger partial charge is 0.255 e. The number of aromatic nitrogens is 1.